The van der Waals surface area contributed by atoms with Crippen LogP contribution in [0.3, 0.4) is 0 Å². The number of thiophene rings is 1. The van der Waals surface area contributed by atoms with Gasteiger partial charge in [-0.25, -0.2) is 0 Å². The van der Waals surface area contributed by atoms with Crippen LogP contribution in [0.4, 0.5) is 10.7 Å². The lowest BCUT2D eigenvalue weighted by atomic mass is 10.1. The number of amides is 1. The second-order valence-electron chi connectivity index (χ2n) is 5.13. The number of benzene rings is 1. The smallest absolute Gasteiger partial charge is 0.324 e. The van der Waals surface area contributed by atoms with Crippen LogP contribution in [0.1, 0.15) is 21.5 Å². The van der Waals surface area contributed by atoms with E-state index < -0.39 is 4.92 Å². The lowest BCUT2D eigenvalue weighted by Crippen LogP contribution is -2.22. The molecule has 2 rings (SSSR count). The molecule has 0 aliphatic rings. The maximum Gasteiger partial charge on any atom is 0.324 e. The second-order valence-corrected chi connectivity index (χ2v) is 6.02. The number of carbonyl (C=O) groups excluding carboxylic acids is 1. The number of rotatable bonds is 5. The van der Waals surface area contributed by atoms with Crippen LogP contribution in [0.5, 0.6) is 0 Å². The molecule has 7 heteroatoms. The Bertz CT molecular complexity index is 710. The van der Waals surface area contributed by atoms with E-state index in [1.165, 1.54) is 4.90 Å². The molecule has 0 aliphatic heterocycles. The highest BCUT2D eigenvalue weighted by atomic mass is 32.1. The van der Waals surface area contributed by atoms with Crippen molar-refractivity contribution in [2.75, 3.05) is 19.4 Å². The van der Waals surface area contributed by atoms with Crippen LogP contribution in [0, 0.1) is 17.0 Å². The zero-order valence-electron chi connectivity index (χ0n) is 12.6. The molecule has 0 spiro atoms. The van der Waals surface area contributed by atoms with E-state index in [0.717, 1.165) is 28.2 Å². The molecule has 1 amide bonds. The normalized spacial score (nSPS) is 10.3. The largest absolute Gasteiger partial charge is 0.381 e. The molecule has 1 aromatic heterocycles. The van der Waals surface area contributed by atoms with Gasteiger partial charge in [0.25, 0.3) is 5.91 Å². The number of hydrogen-bond donors (Lipinski definition) is 1. The second kappa shape index (κ2) is 6.57. The summed E-state index contributed by atoms with van der Waals surface area (Å²) in [7, 11) is 3.43. The maximum atomic E-state index is 12.1. The van der Waals surface area contributed by atoms with Crippen LogP contribution in [0.25, 0.3) is 0 Å². The van der Waals surface area contributed by atoms with E-state index in [1.54, 1.807) is 31.6 Å². The predicted molar refractivity (Wildman–Crippen MR) is 87.5 cm³/mol. The van der Waals surface area contributed by atoms with Crippen molar-refractivity contribution in [1.29, 1.82) is 0 Å². The quantitative estimate of drug-likeness (QED) is 0.678. The highest BCUT2D eigenvalue weighted by Gasteiger charge is 2.12. The Kier molecular flexibility index (Phi) is 4.77. The van der Waals surface area contributed by atoms with Crippen LogP contribution in [-0.2, 0) is 6.54 Å². The van der Waals surface area contributed by atoms with Crippen LogP contribution >= 0.6 is 11.3 Å². The Hall–Kier alpha value is -2.41. The molecule has 1 aromatic carbocycles. The van der Waals surface area contributed by atoms with E-state index in [1.807, 2.05) is 19.1 Å². The van der Waals surface area contributed by atoms with Gasteiger partial charge >= 0.3 is 5.00 Å². The van der Waals surface area contributed by atoms with E-state index >= 15 is 0 Å². The fourth-order valence-electron chi connectivity index (χ4n) is 1.96. The number of nitro groups is 1. The molecule has 0 saturated heterocycles. The summed E-state index contributed by atoms with van der Waals surface area (Å²) in [6, 6.07) is 7.13. The molecule has 0 unspecified atom stereocenters. The molecular weight excluding hydrogens is 302 g/mol. The third-order valence-corrected chi connectivity index (χ3v) is 4.12. The summed E-state index contributed by atoms with van der Waals surface area (Å²) >= 11 is 1.11. The van der Waals surface area contributed by atoms with Crippen LogP contribution in [0.15, 0.2) is 29.6 Å². The number of hydrogen-bond acceptors (Lipinski definition) is 5. The lowest BCUT2D eigenvalue weighted by Gasteiger charge is -2.14. The minimum Gasteiger partial charge on any atom is -0.381 e. The highest BCUT2D eigenvalue weighted by molar-refractivity contribution is 7.13. The van der Waals surface area contributed by atoms with Gasteiger partial charge in [-0.1, -0.05) is 17.4 Å². The van der Waals surface area contributed by atoms with Gasteiger partial charge in [-0.2, -0.15) is 0 Å². The first-order valence-electron chi connectivity index (χ1n) is 6.66. The Morgan fingerprint density at radius 3 is 2.68 bits per heavy atom. The standard InChI is InChI=1S/C15H17N3O3S/c1-10-4-5-12(7-13(10)15(19)17(2)3)16-8-11-6-14(18(20)21)22-9-11/h4-7,9,16H,8H2,1-3H3. The van der Waals surface area contributed by atoms with Crippen molar-refractivity contribution in [3.63, 3.8) is 0 Å². The lowest BCUT2D eigenvalue weighted by molar-refractivity contribution is -0.380. The Morgan fingerprint density at radius 1 is 1.36 bits per heavy atom. The Balaban J connectivity index is 2.11. The zero-order chi connectivity index (χ0) is 16.3. The Labute approximate surface area is 132 Å². The molecular formula is C15H17N3O3S. The van der Waals surface area contributed by atoms with Gasteiger partial charge in [-0.05, 0) is 30.2 Å². The molecule has 0 fully saturated rings. The summed E-state index contributed by atoms with van der Waals surface area (Å²) in [5, 5.41) is 15.7. The van der Waals surface area contributed by atoms with Crippen molar-refractivity contribution in [3.05, 3.63) is 56.5 Å². The number of anilines is 1. The molecule has 0 bridgehead atoms. The van der Waals surface area contributed by atoms with E-state index in [-0.39, 0.29) is 10.9 Å². The molecule has 2 aromatic rings. The van der Waals surface area contributed by atoms with Gasteiger partial charge in [0.1, 0.15) is 0 Å². The zero-order valence-corrected chi connectivity index (χ0v) is 13.4. The fourth-order valence-corrected chi connectivity index (χ4v) is 2.69. The van der Waals surface area contributed by atoms with Crippen molar-refractivity contribution < 1.29 is 9.72 Å². The number of nitrogens with one attached hydrogen (secondary N) is 1. The van der Waals surface area contributed by atoms with Gasteiger partial charge in [0.2, 0.25) is 0 Å². The third kappa shape index (κ3) is 3.62. The first kappa shape index (κ1) is 16.0. The average molecular weight is 319 g/mol. The van der Waals surface area contributed by atoms with Gasteiger partial charge in [-0.3, -0.25) is 14.9 Å². The average Bonchev–Trinajstić information content (AvgIpc) is 2.94. The third-order valence-electron chi connectivity index (χ3n) is 3.19. The van der Waals surface area contributed by atoms with Crippen molar-refractivity contribution in [2.24, 2.45) is 0 Å². The number of carbonyl (C=O) groups is 1. The van der Waals surface area contributed by atoms with Crippen molar-refractivity contribution in [3.8, 4) is 0 Å². The molecule has 1 N–H and O–H groups in total. The predicted octanol–water partition coefficient (Wildman–Crippen LogP) is 3.28. The van der Waals surface area contributed by atoms with Gasteiger partial charge in [-0.15, -0.1) is 0 Å². The van der Waals surface area contributed by atoms with Gasteiger partial charge < -0.3 is 10.2 Å². The molecule has 0 saturated carbocycles. The summed E-state index contributed by atoms with van der Waals surface area (Å²) in [5.74, 6) is -0.0488. The molecule has 0 atom stereocenters. The Morgan fingerprint density at radius 2 is 2.09 bits per heavy atom. The van der Waals surface area contributed by atoms with E-state index in [2.05, 4.69) is 5.32 Å². The topological polar surface area (TPSA) is 75.5 Å². The first-order valence-corrected chi connectivity index (χ1v) is 7.54. The summed E-state index contributed by atoms with van der Waals surface area (Å²) in [5.41, 5.74) is 3.21. The molecule has 22 heavy (non-hydrogen) atoms. The van der Waals surface area contributed by atoms with E-state index in [4.69, 9.17) is 0 Å². The van der Waals surface area contributed by atoms with E-state index in [9.17, 15) is 14.9 Å². The van der Waals surface area contributed by atoms with Gasteiger partial charge in [0.15, 0.2) is 0 Å². The van der Waals surface area contributed by atoms with Gasteiger partial charge in [0, 0.05) is 43.3 Å². The van der Waals surface area contributed by atoms with Crippen LogP contribution < -0.4 is 5.32 Å². The highest BCUT2D eigenvalue weighted by Crippen LogP contribution is 2.24. The minimum absolute atomic E-state index is 0.0488. The van der Waals surface area contributed by atoms with Crippen LogP contribution in [-0.4, -0.2) is 29.8 Å². The summed E-state index contributed by atoms with van der Waals surface area (Å²) < 4.78 is 0. The summed E-state index contributed by atoms with van der Waals surface area (Å²) in [6.45, 7) is 2.37. The summed E-state index contributed by atoms with van der Waals surface area (Å²) in [6.07, 6.45) is 0. The summed E-state index contributed by atoms with van der Waals surface area (Å²) in [4.78, 5) is 23.9. The number of nitrogens with zero attached hydrogens (tertiary/aromatic N) is 2. The van der Waals surface area contributed by atoms with Crippen LogP contribution in [0.2, 0.25) is 0 Å². The molecule has 1 heterocycles. The number of aryl methyl sites for hydroxylation is 1. The van der Waals surface area contributed by atoms with Crippen molar-refractivity contribution in [2.45, 2.75) is 13.5 Å². The molecule has 6 nitrogen and oxygen atoms in total. The van der Waals surface area contributed by atoms with E-state index in [0.29, 0.717) is 12.1 Å². The first-order chi connectivity index (χ1) is 10.4. The molecule has 116 valence electrons. The van der Waals surface area contributed by atoms with Crippen molar-refractivity contribution >= 4 is 27.9 Å². The fraction of sp³-hybridized carbons (Fsp3) is 0.267. The minimum atomic E-state index is -0.395. The SMILES string of the molecule is Cc1ccc(NCc2csc([N+](=O)[O-])c2)cc1C(=O)N(C)C. The molecule has 0 radical (unpaired) electrons. The monoisotopic (exact) mass is 319 g/mol. The van der Waals surface area contributed by atoms with Crippen molar-refractivity contribution in [1.82, 2.24) is 4.90 Å². The maximum absolute atomic E-state index is 12.1. The molecule has 0 aliphatic carbocycles. The van der Waals surface area contributed by atoms with Gasteiger partial charge in [0.05, 0.1) is 4.92 Å².